The Bertz CT molecular complexity index is 1530. The Kier molecular flexibility index (Phi) is 7.84. The van der Waals surface area contributed by atoms with Crippen molar-refractivity contribution in [2.75, 3.05) is 0 Å². The molecule has 0 atom stereocenters. The van der Waals surface area contributed by atoms with Gasteiger partial charge in [0.2, 0.25) is 0 Å². The third-order valence-electron chi connectivity index (χ3n) is 8.99. The summed E-state index contributed by atoms with van der Waals surface area (Å²) in [4.78, 5) is 0. The molecule has 0 unspecified atom stereocenters. The van der Waals surface area contributed by atoms with Gasteiger partial charge < -0.3 is 0 Å². The van der Waals surface area contributed by atoms with Gasteiger partial charge in [-0.15, -0.1) is 0 Å². The average molecular weight is 559 g/mol. The van der Waals surface area contributed by atoms with Crippen LogP contribution in [0.4, 0.5) is 0 Å². The summed E-state index contributed by atoms with van der Waals surface area (Å²) in [6.45, 7) is 0. The largest absolute Gasteiger partial charge is 0.230 e. The maximum absolute atomic E-state index is 5.37. The van der Waals surface area contributed by atoms with Crippen LogP contribution in [0.5, 0.6) is 0 Å². The molecular formula is C36H39N4P. The van der Waals surface area contributed by atoms with Gasteiger partial charge in [-0.2, -0.15) is 10.2 Å². The van der Waals surface area contributed by atoms with Gasteiger partial charge in [-0.1, -0.05) is 117 Å². The Balaban J connectivity index is 1.48. The minimum atomic E-state index is -0.344. The number of hydrogen-bond donors (Lipinski definition) is 0. The summed E-state index contributed by atoms with van der Waals surface area (Å²) in [5.74, 6) is 0. The molecular weight excluding hydrogens is 519 g/mol. The molecule has 0 saturated heterocycles. The predicted octanol–water partition coefficient (Wildman–Crippen LogP) is 9.16. The second-order valence-corrected chi connectivity index (χ2v) is 14.4. The zero-order chi connectivity index (χ0) is 27.4. The summed E-state index contributed by atoms with van der Waals surface area (Å²) >= 11 is 0. The van der Waals surface area contributed by atoms with Crippen molar-refractivity contribution in [2.24, 2.45) is 0 Å². The van der Waals surface area contributed by atoms with Gasteiger partial charge in [0, 0.05) is 11.1 Å². The molecule has 7 rings (SSSR count). The van der Waals surface area contributed by atoms with E-state index in [4.69, 9.17) is 10.2 Å². The number of para-hydroxylation sites is 1. The number of rotatable bonds is 7. The lowest BCUT2D eigenvalue weighted by atomic mass is 9.99. The fourth-order valence-electron chi connectivity index (χ4n) is 7.07. The van der Waals surface area contributed by atoms with E-state index in [0.717, 1.165) is 45.2 Å². The van der Waals surface area contributed by atoms with Crippen LogP contribution in [0.1, 0.15) is 64.2 Å². The van der Waals surface area contributed by atoms with Crippen LogP contribution >= 0.6 is 7.92 Å². The molecule has 0 amide bonds. The van der Waals surface area contributed by atoms with Crippen LogP contribution in [0.15, 0.2) is 103 Å². The SMILES string of the molecule is c1ccc(-c2nn(-c3ccccc3)c(-c3ccccc3)c2-n2nccc2P(C2CCCCC2)C2CCCCC2)cc1. The fraction of sp³-hybridized carbons (Fsp3) is 0.333. The van der Waals surface area contributed by atoms with Crippen molar-refractivity contribution in [2.45, 2.75) is 75.5 Å². The molecule has 5 aromatic rings. The highest BCUT2D eigenvalue weighted by Gasteiger charge is 2.36. The molecule has 2 aliphatic rings. The summed E-state index contributed by atoms with van der Waals surface area (Å²) < 4.78 is 4.47. The molecule has 2 heterocycles. The van der Waals surface area contributed by atoms with E-state index in [1.807, 2.05) is 0 Å². The zero-order valence-corrected chi connectivity index (χ0v) is 24.7. The summed E-state index contributed by atoms with van der Waals surface area (Å²) in [6, 6.07) is 34.4. The molecule has 0 radical (unpaired) electrons. The lowest BCUT2D eigenvalue weighted by Crippen LogP contribution is -2.30. The summed E-state index contributed by atoms with van der Waals surface area (Å²) in [6.07, 6.45) is 15.8. The highest BCUT2D eigenvalue weighted by molar-refractivity contribution is 7.66. The van der Waals surface area contributed by atoms with Crippen LogP contribution in [0.3, 0.4) is 0 Å². The van der Waals surface area contributed by atoms with Crippen LogP contribution < -0.4 is 5.44 Å². The van der Waals surface area contributed by atoms with Crippen LogP contribution in [0.2, 0.25) is 0 Å². The molecule has 2 aliphatic carbocycles. The highest BCUT2D eigenvalue weighted by atomic mass is 31.1. The molecule has 0 N–H and O–H groups in total. The van der Waals surface area contributed by atoms with E-state index in [-0.39, 0.29) is 7.92 Å². The Labute approximate surface area is 245 Å². The van der Waals surface area contributed by atoms with Crippen molar-refractivity contribution in [1.82, 2.24) is 19.6 Å². The molecule has 5 heteroatoms. The van der Waals surface area contributed by atoms with E-state index in [2.05, 4.69) is 113 Å². The van der Waals surface area contributed by atoms with Gasteiger partial charge in [0.05, 0.1) is 17.3 Å². The third-order valence-corrected chi connectivity index (χ3v) is 12.5. The number of benzene rings is 3. The first-order chi connectivity index (χ1) is 20.4. The Hall–Kier alpha value is -3.49. The Morgan fingerprint density at radius 1 is 0.561 bits per heavy atom. The first-order valence-corrected chi connectivity index (χ1v) is 17.0. The van der Waals surface area contributed by atoms with Crippen molar-refractivity contribution in [3.63, 3.8) is 0 Å². The molecule has 41 heavy (non-hydrogen) atoms. The van der Waals surface area contributed by atoms with E-state index < -0.39 is 0 Å². The molecule has 0 aliphatic heterocycles. The fourth-order valence-corrected chi connectivity index (χ4v) is 10.9. The van der Waals surface area contributed by atoms with E-state index in [9.17, 15) is 0 Å². The molecule has 2 fully saturated rings. The van der Waals surface area contributed by atoms with E-state index in [1.165, 1.54) is 69.6 Å². The van der Waals surface area contributed by atoms with Crippen LogP contribution in [-0.4, -0.2) is 30.9 Å². The maximum Gasteiger partial charge on any atom is 0.120 e. The minimum absolute atomic E-state index is 0.344. The Morgan fingerprint density at radius 2 is 1.10 bits per heavy atom. The van der Waals surface area contributed by atoms with Crippen molar-refractivity contribution in [3.8, 4) is 33.9 Å². The molecule has 0 bridgehead atoms. The highest BCUT2D eigenvalue weighted by Crippen LogP contribution is 2.55. The van der Waals surface area contributed by atoms with Gasteiger partial charge in [0.1, 0.15) is 17.1 Å². The first-order valence-electron chi connectivity index (χ1n) is 15.5. The number of nitrogens with zero attached hydrogens (tertiary/aromatic N) is 4. The summed E-state index contributed by atoms with van der Waals surface area (Å²) in [7, 11) is -0.344. The quantitative estimate of drug-likeness (QED) is 0.187. The smallest absolute Gasteiger partial charge is 0.120 e. The molecule has 4 nitrogen and oxygen atoms in total. The predicted molar refractivity (Wildman–Crippen MR) is 172 cm³/mol. The Morgan fingerprint density at radius 3 is 1.68 bits per heavy atom. The molecule has 3 aromatic carbocycles. The third kappa shape index (κ3) is 5.31. The van der Waals surface area contributed by atoms with Gasteiger partial charge in [-0.3, -0.25) is 0 Å². The second kappa shape index (κ2) is 12.2. The van der Waals surface area contributed by atoms with Crippen LogP contribution in [0, 0.1) is 0 Å². The molecule has 2 saturated carbocycles. The first kappa shape index (κ1) is 26.4. The van der Waals surface area contributed by atoms with Gasteiger partial charge in [0.25, 0.3) is 0 Å². The second-order valence-electron chi connectivity index (χ2n) is 11.6. The van der Waals surface area contributed by atoms with Gasteiger partial charge in [0.15, 0.2) is 0 Å². The summed E-state index contributed by atoms with van der Waals surface area (Å²) in [5.41, 5.74) is 9.56. The minimum Gasteiger partial charge on any atom is -0.230 e. The molecule has 208 valence electrons. The lowest BCUT2D eigenvalue weighted by molar-refractivity contribution is 0.486. The molecule has 2 aromatic heterocycles. The van der Waals surface area contributed by atoms with E-state index in [0.29, 0.717) is 0 Å². The average Bonchev–Trinajstić information content (AvgIpc) is 3.69. The normalized spacial score (nSPS) is 16.8. The van der Waals surface area contributed by atoms with Crippen molar-refractivity contribution in [3.05, 3.63) is 103 Å². The standard InChI is InChI=1S/C36H39N4P/c1-6-16-28(17-7-1)34-36(35(29-18-8-2-9-19-29)39(38-34)30-20-10-3-11-21-30)40-33(26-27-37-40)41(31-22-12-4-13-23-31)32-24-14-5-15-25-32/h1-3,6-11,16-21,26-27,31-32H,4-5,12-15,22-25H2. The number of aromatic nitrogens is 4. The van der Waals surface area contributed by atoms with Crippen molar-refractivity contribution >= 4 is 13.4 Å². The zero-order valence-electron chi connectivity index (χ0n) is 23.8. The monoisotopic (exact) mass is 558 g/mol. The van der Waals surface area contributed by atoms with Gasteiger partial charge in [-0.05, 0) is 63.1 Å². The van der Waals surface area contributed by atoms with Gasteiger partial charge >= 0.3 is 0 Å². The van der Waals surface area contributed by atoms with Crippen molar-refractivity contribution < 1.29 is 0 Å². The number of hydrogen-bond acceptors (Lipinski definition) is 2. The lowest BCUT2D eigenvalue weighted by Gasteiger charge is -2.38. The van der Waals surface area contributed by atoms with Gasteiger partial charge in [-0.25, -0.2) is 9.36 Å². The molecule has 0 spiro atoms. The van der Waals surface area contributed by atoms with E-state index >= 15 is 0 Å². The van der Waals surface area contributed by atoms with E-state index in [1.54, 1.807) is 0 Å². The van der Waals surface area contributed by atoms with Crippen molar-refractivity contribution in [1.29, 1.82) is 0 Å². The van der Waals surface area contributed by atoms with Crippen LogP contribution in [-0.2, 0) is 0 Å². The summed E-state index contributed by atoms with van der Waals surface area (Å²) in [5, 5.41) is 10.5. The van der Waals surface area contributed by atoms with Crippen LogP contribution in [0.25, 0.3) is 33.9 Å². The topological polar surface area (TPSA) is 35.6 Å². The maximum atomic E-state index is 5.37.